The summed E-state index contributed by atoms with van der Waals surface area (Å²) >= 11 is 1.61. The Morgan fingerprint density at radius 1 is 1.24 bits per heavy atom. The summed E-state index contributed by atoms with van der Waals surface area (Å²) in [6.45, 7) is 4.01. The molecule has 1 unspecified atom stereocenters. The number of carbonyl (C=O) groups excluding carboxylic acids is 2. The summed E-state index contributed by atoms with van der Waals surface area (Å²) in [5.41, 5.74) is 3.87. The fraction of sp³-hybridized carbons (Fsp3) is 0.300. The molecule has 2 amide bonds. The molecule has 2 aromatic rings. The minimum Gasteiger partial charge on any atom is -0.326 e. The summed E-state index contributed by atoms with van der Waals surface area (Å²) < 4.78 is 0. The summed E-state index contributed by atoms with van der Waals surface area (Å²) in [6, 6.07) is 15.8. The average molecular weight is 354 g/mol. The van der Waals surface area contributed by atoms with Gasteiger partial charge in [0.05, 0.1) is 5.75 Å². The summed E-state index contributed by atoms with van der Waals surface area (Å²) in [5, 5.41) is 2.86. The lowest BCUT2D eigenvalue weighted by Crippen LogP contribution is -2.27. The molecule has 0 aromatic heterocycles. The maximum atomic E-state index is 12.4. The first-order chi connectivity index (χ1) is 12.1. The molecular weight excluding hydrogens is 332 g/mol. The fourth-order valence-corrected chi connectivity index (χ4v) is 4.04. The van der Waals surface area contributed by atoms with E-state index in [1.807, 2.05) is 67.3 Å². The highest BCUT2D eigenvalue weighted by atomic mass is 32.2. The Morgan fingerprint density at radius 2 is 2.00 bits per heavy atom. The SMILES string of the molecule is CCCC(=O)Nc1cccc(C2SCC(=O)N2c2ccc(C)cc2)c1. The van der Waals surface area contributed by atoms with Crippen LogP contribution in [0.15, 0.2) is 48.5 Å². The zero-order chi connectivity index (χ0) is 17.8. The van der Waals surface area contributed by atoms with Crippen LogP contribution in [0, 0.1) is 6.92 Å². The van der Waals surface area contributed by atoms with Crippen molar-refractivity contribution in [1.29, 1.82) is 0 Å². The second kappa shape index (κ2) is 7.74. The van der Waals surface area contributed by atoms with Gasteiger partial charge >= 0.3 is 0 Å². The number of carbonyl (C=O) groups is 2. The number of thioether (sulfide) groups is 1. The maximum absolute atomic E-state index is 12.4. The third kappa shape index (κ3) is 4.04. The zero-order valence-electron chi connectivity index (χ0n) is 14.5. The van der Waals surface area contributed by atoms with Crippen LogP contribution in [0.3, 0.4) is 0 Å². The number of nitrogens with zero attached hydrogens (tertiary/aromatic N) is 1. The molecule has 5 heteroatoms. The molecule has 1 fully saturated rings. The Labute approximate surface area is 152 Å². The predicted molar refractivity (Wildman–Crippen MR) is 104 cm³/mol. The van der Waals surface area contributed by atoms with E-state index in [4.69, 9.17) is 0 Å². The number of hydrogen-bond donors (Lipinski definition) is 1. The van der Waals surface area contributed by atoms with Crippen LogP contribution in [0.4, 0.5) is 11.4 Å². The van der Waals surface area contributed by atoms with Crippen molar-refractivity contribution in [3.8, 4) is 0 Å². The largest absolute Gasteiger partial charge is 0.326 e. The van der Waals surface area contributed by atoms with Gasteiger partial charge in [0.2, 0.25) is 11.8 Å². The third-order valence-electron chi connectivity index (χ3n) is 4.11. The van der Waals surface area contributed by atoms with Gasteiger partial charge in [-0.2, -0.15) is 0 Å². The van der Waals surface area contributed by atoms with Gasteiger partial charge in [-0.3, -0.25) is 14.5 Å². The van der Waals surface area contributed by atoms with Crippen molar-refractivity contribution in [3.05, 3.63) is 59.7 Å². The molecule has 1 atom stereocenters. The molecule has 4 nitrogen and oxygen atoms in total. The molecular formula is C20H22N2O2S. The third-order valence-corrected chi connectivity index (χ3v) is 5.32. The number of nitrogens with one attached hydrogen (secondary N) is 1. The van der Waals surface area contributed by atoms with E-state index in [1.165, 1.54) is 5.56 Å². The molecule has 0 bridgehead atoms. The van der Waals surface area contributed by atoms with E-state index in [1.54, 1.807) is 11.8 Å². The number of hydrogen-bond acceptors (Lipinski definition) is 3. The number of aryl methyl sites for hydroxylation is 1. The highest BCUT2D eigenvalue weighted by Crippen LogP contribution is 2.42. The number of amides is 2. The Balaban J connectivity index is 1.85. The lowest BCUT2D eigenvalue weighted by atomic mass is 10.1. The van der Waals surface area contributed by atoms with E-state index in [0.29, 0.717) is 12.2 Å². The van der Waals surface area contributed by atoms with Crippen molar-refractivity contribution in [2.75, 3.05) is 16.0 Å². The monoisotopic (exact) mass is 354 g/mol. The second-order valence-corrected chi connectivity index (χ2v) is 7.25. The van der Waals surface area contributed by atoms with Crippen molar-refractivity contribution in [2.45, 2.75) is 32.1 Å². The summed E-state index contributed by atoms with van der Waals surface area (Å²) in [7, 11) is 0. The normalized spacial score (nSPS) is 17.0. The van der Waals surface area contributed by atoms with Gasteiger partial charge in [-0.05, 0) is 43.2 Å². The second-order valence-electron chi connectivity index (χ2n) is 6.19. The van der Waals surface area contributed by atoms with E-state index in [2.05, 4.69) is 5.32 Å². The molecule has 1 heterocycles. The Hall–Kier alpha value is -2.27. The average Bonchev–Trinajstić information content (AvgIpc) is 2.98. The van der Waals surface area contributed by atoms with Gasteiger partial charge in [-0.15, -0.1) is 11.8 Å². The van der Waals surface area contributed by atoms with E-state index in [-0.39, 0.29) is 17.2 Å². The molecule has 0 spiro atoms. The molecule has 1 saturated heterocycles. The Morgan fingerprint density at radius 3 is 2.72 bits per heavy atom. The van der Waals surface area contributed by atoms with Gasteiger partial charge in [0.25, 0.3) is 0 Å². The molecule has 0 saturated carbocycles. The smallest absolute Gasteiger partial charge is 0.238 e. The van der Waals surface area contributed by atoms with Gasteiger partial charge in [0.1, 0.15) is 5.37 Å². The molecule has 0 aliphatic carbocycles. The van der Waals surface area contributed by atoms with Crippen LogP contribution in [-0.4, -0.2) is 17.6 Å². The van der Waals surface area contributed by atoms with Crippen LogP contribution in [0.2, 0.25) is 0 Å². The van der Waals surface area contributed by atoms with E-state index >= 15 is 0 Å². The first-order valence-electron chi connectivity index (χ1n) is 8.48. The van der Waals surface area contributed by atoms with Crippen molar-refractivity contribution in [3.63, 3.8) is 0 Å². The van der Waals surface area contributed by atoms with Crippen LogP contribution in [-0.2, 0) is 9.59 Å². The van der Waals surface area contributed by atoms with Gasteiger partial charge in [0, 0.05) is 17.8 Å². The van der Waals surface area contributed by atoms with Gasteiger partial charge in [-0.1, -0.05) is 36.8 Å². The molecule has 25 heavy (non-hydrogen) atoms. The molecule has 1 N–H and O–H groups in total. The number of benzene rings is 2. The van der Waals surface area contributed by atoms with Gasteiger partial charge in [0.15, 0.2) is 0 Å². The molecule has 130 valence electrons. The first-order valence-corrected chi connectivity index (χ1v) is 9.53. The van der Waals surface area contributed by atoms with E-state index < -0.39 is 0 Å². The van der Waals surface area contributed by atoms with E-state index in [9.17, 15) is 9.59 Å². The summed E-state index contributed by atoms with van der Waals surface area (Å²) in [5.74, 6) is 0.592. The van der Waals surface area contributed by atoms with Crippen LogP contribution < -0.4 is 10.2 Å². The number of anilines is 2. The van der Waals surface area contributed by atoms with Crippen LogP contribution in [0.25, 0.3) is 0 Å². The minimum absolute atomic E-state index is 0.0187. The van der Waals surface area contributed by atoms with Crippen molar-refractivity contribution >= 4 is 35.0 Å². The van der Waals surface area contributed by atoms with Crippen LogP contribution >= 0.6 is 11.8 Å². The van der Waals surface area contributed by atoms with Crippen molar-refractivity contribution in [1.82, 2.24) is 0 Å². The summed E-state index contributed by atoms with van der Waals surface area (Å²) in [6.07, 6.45) is 1.33. The lowest BCUT2D eigenvalue weighted by molar-refractivity contribution is -0.116. The van der Waals surface area contributed by atoms with Gasteiger partial charge in [-0.25, -0.2) is 0 Å². The Kier molecular flexibility index (Phi) is 5.43. The zero-order valence-corrected chi connectivity index (χ0v) is 15.3. The van der Waals surface area contributed by atoms with Crippen molar-refractivity contribution in [2.24, 2.45) is 0 Å². The molecule has 3 rings (SSSR count). The summed E-state index contributed by atoms with van der Waals surface area (Å²) in [4.78, 5) is 26.1. The van der Waals surface area contributed by atoms with Gasteiger partial charge < -0.3 is 5.32 Å². The Bertz CT molecular complexity index is 774. The maximum Gasteiger partial charge on any atom is 0.238 e. The lowest BCUT2D eigenvalue weighted by Gasteiger charge is -2.25. The van der Waals surface area contributed by atoms with Crippen molar-refractivity contribution < 1.29 is 9.59 Å². The first kappa shape index (κ1) is 17.5. The highest BCUT2D eigenvalue weighted by Gasteiger charge is 2.34. The molecule has 1 aliphatic heterocycles. The highest BCUT2D eigenvalue weighted by molar-refractivity contribution is 8.00. The predicted octanol–water partition coefficient (Wildman–Crippen LogP) is 4.51. The van der Waals surface area contributed by atoms with Crippen LogP contribution in [0.5, 0.6) is 0 Å². The van der Waals surface area contributed by atoms with Crippen LogP contribution in [0.1, 0.15) is 36.3 Å². The standard InChI is InChI=1S/C20H22N2O2S/c1-3-5-18(23)21-16-7-4-6-15(12-16)20-22(19(24)13-25-20)17-10-8-14(2)9-11-17/h4,6-12,20H,3,5,13H2,1-2H3,(H,21,23). The molecule has 0 radical (unpaired) electrons. The fourth-order valence-electron chi connectivity index (χ4n) is 2.88. The molecule has 2 aromatic carbocycles. The quantitative estimate of drug-likeness (QED) is 0.859. The number of rotatable bonds is 5. The minimum atomic E-state index is -0.0711. The van der Waals surface area contributed by atoms with E-state index in [0.717, 1.165) is 23.4 Å². The molecule has 1 aliphatic rings. The topological polar surface area (TPSA) is 49.4 Å².